The van der Waals surface area contributed by atoms with Crippen molar-refractivity contribution in [3.63, 3.8) is 0 Å². The van der Waals surface area contributed by atoms with Crippen LogP contribution in [0.2, 0.25) is 0 Å². The second kappa shape index (κ2) is 6.45. The van der Waals surface area contributed by atoms with Crippen molar-refractivity contribution in [1.82, 2.24) is 15.5 Å². The van der Waals surface area contributed by atoms with Gasteiger partial charge in [0.1, 0.15) is 0 Å². The van der Waals surface area contributed by atoms with Gasteiger partial charge >= 0.3 is 5.97 Å². The third-order valence-electron chi connectivity index (χ3n) is 3.51. The molecule has 20 heavy (non-hydrogen) atoms. The smallest absolute Gasteiger partial charge is 0.311 e. The maximum absolute atomic E-state index is 12.2. The van der Waals surface area contributed by atoms with E-state index >= 15 is 0 Å². The highest BCUT2D eigenvalue weighted by molar-refractivity contribution is 5.95. The average Bonchev–Trinajstić information content (AvgIpc) is 2.44. The van der Waals surface area contributed by atoms with E-state index in [9.17, 15) is 14.7 Å². The lowest BCUT2D eigenvalue weighted by molar-refractivity contribution is -0.147. The van der Waals surface area contributed by atoms with Gasteiger partial charge in [0.25, 0.3) is 5.91 Å². The van der Waals surface area contributed by atoms with Gasteiger partial charge in [0.2, 0.25) is 0 Å². The number of aryl methyl sites for hydroxylation is 2. The molecule has 0 spiro atoms. The maximum atomic E-state index is 12.2. The Bertz CT molecular complexity index is 516. The fraction of sp³-hybridized carbons (Fsp3) is 0.571. The number of aromatic nitrogens is 2. The van der Waals surface area contributed by atoms with Gasteiger partial charge in [0, 0.05) is 6.54 Å². The second-order valence-electron chi connectivity index (χ2n) is 5.10. The van der Waals surface area contributed by atoms with Crippen LogP contribution in [0.3, 0.4) is 0 Å². The average molecular weight is 279 g/mol. The van der Waals surface area contributed by atoms with Crippen molar-refractivity contribution in [2.75, 3.05) is 6.54 Å². The monoisotopic (exact) mass is 279 g/mol. The fourth-order valence-corrected chi connectivity index (χ4v) is 1.69. The van der Waals surface area contributed by atoms with Crippen molar-refractivity contribution < 1.29 is 14.7 Å². The van der Waals surface area contributed by atoms with E-state index in [1.807, 2.05) is 6.92 Å². The summed E-state index contributed by atoms with van der Waals surface area (Å²) in [6.07, 6.45) is 1.04. The molecule has 0 aliphatic carbocycles. The Morgan fingerprint density at radius 2 is 2.00 bits per heavy atom. The van der Waals surface area contributed by atoms with Crippen molar-refractivity contribution >= 4 is 11.9 Å². The molecule has 0 saturated carbocycles. The van der Waals surface area contributed by atoms with Crippen LogP contribution in [-0.2, 0) is 11.2 Å². The Kier molecular flexibility index (Phi) is 5.19. The Labute approximate surface area is 118 Å². The molecule has 1 rings (SSSR count). The molecule has 0 aliphatic heterocycles. The molecule has 6 heteroatoms. The molecule has 0 aromatic carbocycles. The summed E-state index contributed by atoms with van der Waals surface area (Å²) in [4.78, 5) is 23.4. The summed E-state index contributed by atoms with van der Waals surface area (Å²) >= 11 is 0. The second-order valence-corrected chi connectivity index (χ2v) is 5.10. The van der Waals surface area contributed by atoms with Crippen LogP contribution in [0.5, 0.6) is 0 Å². The summed E-state index contributed by atoms with van der Waals surface area (Å²) in [7, 11) is 0. The van der Waals surface area contributed by atoms with Gasteiger partial charge in [-0.25, -0.2) is 0 Å². The number of carbonyl (C=O) groups excluding carboxylic acids is 1. The number of rotatable bonds is 6. The quantitative estimate of drug-likeness (QED) is 0.824. The summed E-state index contributed by atoms with van der Waals surface area (Å²) in [5, 5.41) is 19.8. The molecule has 1 unspecified atom stereocenters. The number of aliphatic carboxylic acids is 1. The highest BCUT2D eigenvalue weighted by Gasteiger charge is 2.31. The minimum atomic E-state index is -0.961. The summed E-state index contributed by atoms with van der Waals surface area (Å²) in [5.74, 6) is -1.22. The number of carboxylic acid groups (broad SMARTS) is 1. The number of carbonyl (C=O) groups is 2. The van der Waals surface area contributed by atoms with E-state index in [1.54, 1.807) is 26.8 Å². The van der Waals surface area contributed by atoms with Crippen molar-refractivity contribution in [2.45, 2.75) is 40.5 Å². The first-order valence-electron chi connectivity index (χ1n) is 6.68. The molecule has 1 aromatic heterocycles. The number of hydrogen-bond donors (Lipinski definition) is 2. The van der Waals surface area contributed by atoms with Crippen LogP contribution in [0.25, 0.3) is 0 Å². The normalized spacial score (nSPS) is 13.6. The summed E-state index contributed by atoms with van der Waals surface area (Å²) in [5.41, 5.74) is 0.770. The molecule has 6 nitrogen and oxygen atoms in total. The van der Waals surface area contributed by atoms with Gasteiger partial charge < -0.3 is 10.4 Å². The SMILES string of the molecule is CCc1nnc(C)cc1C(=O)NCC(C)(CC)C(=O)O. The Hall–Kier alpha value is -1.98. The van der Waals surface area contributed by atoms with E-state index in [2.05, 4.69) is 15.5 Å². The zero-order chi connectivity index (χ0) is 15.3. The van der Waals surface area contributed by atoms with Crippen LogP contribution in [0.15, 0.2) is 6.07 Å². The van der Waals surface area contributed by atoms with E-state index in [0.29, 0.717) is 29.8 Å². The van der Waals surface area contributed by atoms with Crippen LogP contribution in [0.4, 0.5) is 0 Å². The molecule has 1 atom stereocenters. The lowest BCUT2D eigenvalue weighted by atomic mass is 9.87. The van der Waals surface area contributed by atoms with Gasteiger partial charge in [-0.1, -0.05) is 13.8 Å². The summed E-state index contributed by atoms with van der Waals surface area (Å²) < 4.78 is 0. The molecule has 1 amide bonds. The molecule has 0 aliphatic rings. The van der Waals surface area contributed by atoms with Crippen LogP contribution < -0.4 is 5.32 Å². The van der Waals surface area contributed by atoms with Gasteiger partial charge in [-0.2, -0.15) is 10.2 Å². The van der Waals surface area contributed by atoms with E-state index in [-0.39, 0.29) is 12.5 Å². The zero-order valence-electron chi connectivity index (χ0n) is 12.4. The lowest BCUT2D eigenvalue weighted by Crippen LogP contribution is -2.41. The van der Waals surface area contributed by atoms with E-state index in [1.165, 1.54) is 0 Å². The minimum absolute atomic E-state index is 0.0855. The fourth-order valence-electron chi connectivity index (χ4n) is 1.69. The van der Waals surface area contributed by atoms with Crippen molar-refractivity contribution in [2.24, 2.45) is 5.41 Å². The van der Waals surface area contributed by atoms with E-state index < -0.39 is 11.4 Å². The van der Waals surface area contributed by atoms with Crippen molar-refractivity contribution in [1.29, 1.82) is 0 Å². The van der Waals surface area contributed by atoms with Crippen LogP contribution >= 0.6 is 0 Å². The molecular formula is C14H21N3O3. The highest BCUT2D eigenvalue weighted by atomic mass is 16.4. The van der Waals surface area contributed by atoms with Crippen LogP contribution in [-0.4, -0.2) is 33.7 Å². The molecule has 0 radical (unpaired) electrons. The maximum Gasteiger partial charge on any atom is 0.311 e. The molecule has 0 saturated heterocycles. The molecule has 2 N–H and O–H groups in total. The lowest BCUT2D eigenvalue weighted by Gasteiger charge is -2.23. The van der Waals surface area contributed by atoms with E-state index in [4.69, 9.17) is 0 Å². The van der Waals surface area contributed by atoms with Crippen LogP contribution in [0.1, 0.15) is 48.9 Å². The number of nitrogens with one attached hydrogen (secondary N) is 1. The third kappa shape index (κ3) is 3.53. The number of amides is 1. The largest absolute Gasteiger partial charge is 0.481 e. The standard InChI is InChI=1S/C14H21N3O3/c1-5-11-10(7-9(3)16-17-11)12(18)15-8-14(4,6-2)13(19)20/h7H,5-6,8H2,1-4H3,(H,15,18)(H,19,20). The molecule has 1 aromatic rings. The first-order valence-corrected chi connectivity index (χ1v) is 6.68. The van der Waals surface area contributed by atoms with Gasteiger partial charge in [-0.3, -0.25) is 9.59 Å². The number of carboxylic acids is 1. The predicted octanol–water partition coefficient (Wildman–Crippen LogP) is 1.58. The van der Waals surface area contributed by atoms with Gasteiger partial charge in [0.05, 0.1) is 22.4 Å². The highest BCUT2D eigenvalue weighted by Crippen LogP contribution is 2.20. The molecular weight excluding hydrogens is 258 g/mol. The zero-order valence-corrected chi connectivity index (χ0v) is 12.4. The minimum Gasteiger partial charge on any atom is -0.481 e. The van der Waals surface area contributed by atoms with Crippen LogP contribution in [0, 0.1) is 12.3 Å². The van der Waals surface area contributed by atoms with E-state index in [0.717, 1.165) is 0 Å². The van der Waals surface area contributed by atoms with Gasteiger partial charge in [-0.05, 0) is 32.8 Å². The summed E-state index contributed by atoms with van der Waals surface area (Å²) in [6.45, 7) is 7.14. The number of nitrogens with zero attached hydrogens (tertiary/aromatic N) is 2. The third-order valence-corrected chi connectivity index (χ3v) is 3.51. The summed E-state index contributed by atoms with van der Waals surface area (Å²) in [6, 6.07) is 1.67. The first-order chi connectivity index (χ1) is 9.34. The molecule has 0 bridgehead atoms. The Morgan fingerprint density at radius 1 is 1.35 bits per heavy atom. The Balaban J connectivity index is 2.87. The molecule has 110 valence electrons. The van der Waals surface area contributed by atoms with Gasteiger partial charge in [-0.15, -0.1) is 0 Å². The van der Waals surface area contributed by atoms with Gasteiger partial charge in [0.15, 0.2) is 0 Å². The topological polar surface area (TPSA) is 92.2 Å². The predicted molar refractivity (Wildman–Crippen MR) is 74.5 cm³/mol. The first kappa shape index (κ1) is 16.1. The Morgan fingerprint density at radius 3 is 2.50 bits per heavy atom. The molecule has 1 heterocycles. The number of hydrogen-bond acceptors (Lipinski definition) is 4. The van der Waals surface area contributed by atoms with Crippen molar-refractivity contribution in [3.05, 3.63) is 23.0 Å². The van der Waals surface area contributed by atoms with Crippen molar-refractivity contribution in [3.8, 4) is 0 Å². The molecule has 0 fully saturated rings.